The minimum atomic E-state index is 0.0138. The van der Waals surface area contributed by atoms with Crippen LogP contribution in [0.25, 0.3) is 0 Å². The zero-order valence-corrected chi connectivity index (χ0v) is 14.1. The Morgan fingerprint density at radius 2 is 2.04 bits per heavy atom. The minimum absolute atomic E-state index is 0.0138. The van der Waals surface area contributed by atoms with Gasteiger partial charge < -0.3 is 14.6 Å². The van der Waals surface area contributed by atoms with Crippen molar-refractivity contribution in [1.29, 1.82) is 0 Å². The second-order valence-corrected chi connectivity index (χ2v) is 6.20. The van der Waals surface area contributed by atoms with Gasteiger partial charge in [-0.2, -0.15) is 0 Å². The average molecular weight is 312 g/mol. The zero-order chi connectivity index (χ0) is 16.4. The highest BCUT2D eigenvalue weighted by atomic mass is 16.5. The minimum Gasteiger partial charge on any atom is -0.496 e. The van der Waals surface area contributed by atoms with Crippen LogP contribution in [0, 0.1) is 13.8 Å². The number of aromatic nitrogens is 1. The maximum absolute atomic E-state index is 12.5. The van der Waals surface area contributed by atoms with Crippen LogP contribution in [0.15, 0.2) is 30.3 Å². The van der Waals surface area contributed by atoms with Gasteiger partial charge in [-0.05, 0) is 50.8 Å². The van der Waals surface area contributed by atoms with Crippen LogP contribution in [0.5, 0.6) is 5.75 Å². The maximum Gasteiger partial charge on any atom is 0.253 e. The lowest BCUT2D eigenvalue weighted by molar-refractivity contribution is 0.0953. The van der Waals surface area contributed by atoms with Crippen LogP contribution in [0.1, 0.15) is 46.2 Å². The van der Waals surface area contributed by atoms with E-state index in [2.05, 4.69) is 16.8 Å². The Morgan fingerprint density at radius 1 is 1.30 bits per heavy atom. The van der Waals surface area contributed by atoms with E-state index < -0.39 is 0 Å². The molecule has 1 fully saturated rings. The van der Waals surface area contributed by atoms with Crippen molar-refractivity contribution >= 4 is 5.91 Å². The number of methoxy groups -OCH3 is 1. The van der Waals surface area contributed by atoms with Crippen molar-refractivity contribution < 1.29 is 9.53 Å². The predicted molar refractivity (Wildman–Crippen MR) is 91.2 cm³/mol. The molecule has 0 aliphatic heterocycles. The summed E-state index contributed by atoms with van der Waals surface area (Å²) in [4.78, 5) is 12.5. The molecule has 0 unspecified atom stereocenters. The van der Waals surface area contributed by atoms with Crippen LogP contribution in [-0.2, 0) is 6.42 Å². The molecule has 1 aliphatic rings. The van der Waals surface area contributed by atoms with Gasteiger partial charge in [-0.15, -0.1) is 0 Å². The molecule has 0 bridgehead atoms. The first-order valence-electron chi connectivity index (χ1n) is 8.20. The van der Waals surface area contributed by atoms with Gasteiger partial charge in [-0.3, -0.25) is 4.79 Å². The van der Waals surface area contributed by atoms with E-state index >= 15 is 0 Å². The van der Waals surface area contributed by atoms with E-state index in [1.54, 1.807) is 7.11 Å². The van der Waals surface area contributed by atoms with Crippen LogP contribution in [-0.4, -0.2) is 24.1 Å². The van der Waals surface area contributed by atoms with E-state index in [1.807, 2.05) is 37.3 Å². The number of hydrogen-bond donors (Lipinski definition) is 1. The Hall–Kier alpha value is -2.23. The Labute approximate surface area is 137 Å². The lowest BCUT2D eigenvalue weighted by Gasteiger charge is -2.10. The van der Waals surface area contributed by atoms with Crippen LogP contribution in [0.2, 0.25) is 0 Å². The quantitative estimate of drug-likeness (QED) is 0.888. The Morgan fingerprint density at radius 3 is 2.74 bits per heavy atom. The molecular formula is C19H24N2O2. The lowest BCUT2D eigenvalue weighted by Crippen LogP contribution is -2.26. The molecule has 0 saturated heterocycles. The summed E-state index contributed by atoms with van der Waals surface area (Å²) >= 11 is 0. The van der Waals surface area contributed by atoms with Gasteiger partial charge in [0, 0.05) is 24.0 Å². The Bertz CT molecular complexity index is 714. The second-order valence-electron chi connectivity index (χ2n) is 6.20. The number of carbonyl (C=O) groups excluding carboxylic acids is 1. The number of nitrogens with zero attached hydrogens (tertiary/aromatic N) is 1. The van der Waals surface area contributed by atoms with Crippen LogP contribution in [0.3, 0.4) is 0 Å². The Kier molecular flexibility index (Phi) is 4.42. The molecule has 0 atom stereocenters. The molecule has 1 amide bonds. The number of ether oxygens (including phenoxy) is 1. The standard InChI is InChI=1S/C19H24N2O2/c1-13-12-17(14(2)21(13)16-8-9-16)19(22)20-11-10-15-6-4-5-7-18(15)23-3/h4-7,12,16H,8-11H2,1-3H3,(H,20,22). The first kappa shape index (κ1) is 15.7. The molecule has 1 saturated carbocycles. The third-order valence-corrected chi connectivity index (χ3v) is 4.51. The average Bonchev–Trinajstić information content (AvgIpc) is 3.33. The van der Waals surface area contributed by atoms with E-state index in [0.717, 1.165) is 29.0 Å². The van der Waals surface area contributed by atoms with Crippen molar-refractivity contribution in [2.75, 3.05) is 13.7 Å². The number of rotatable bonds is 6. The van der Waals surface area contributed by atoms with E-state index in [4.69, 9.17) is 4.74 Å². The highest BCUT2D eigenvalue weighted by molar-refractivity contribution is 5.95. The van der Waals surface area contributed by atoms with Crippen molar-refractivity contribution in [3.63, 3.8) is 0 Å². The fourth-order valence-corrected chi connectivity index (χ4v) is 3.22. The predicted octanol–water partition coefficient (Wildman–Crippen LogP) is 3.42. The largest absolute Gasteiger partial charge is 0.496 e. The summed E-state index contributed by atoms with van der Waals surface area (Å²) in [6.45, 7) is 4.73. The summed E-state index contributed by atoms with van der Waals surface area (Å²) in [5.74, 6) is 0.883. The molecule has 1 N–H and O–H groups in total. The van der Waals surface area contributed by atoms with E-state index in [0.29, 0.717) is 12.6 Å². The highest BCUT2D eigenvalue weighted by Gasteiger charge is 2.28. The molecule has 1 aromatic carbocycles. The molecule has 1 aromatic heterocycles. The molecule has 122 valence electrons. The van der Waals surface area contributed by atoms with Crippen molar-refractivity contribution in [1.82, 2.24) is 9.88 Å². The summed E-state index contributed by atoms with van der Waals surface area (Å²) in [6, 6.07) is 10.5. The van der Waals surface area contributed by atoms with Crippen LogP contribution < -0.4 is 10.1 Å². The van der Waals surface area contributed by atoms with Gasteiger partial charge in [0.15, 0.2) is 0 Å². The van der Waals surface area contributed by atoms with Gasteiger partial charge in [0.05, 0.1) is 12.7 Å². The molecule has 4 nitrogen and oxygen atoms in total. The number of aryl methyl sites for hydroxylation is 1. The summed E-state index contributed by atoms with van der Waals surface area (Å²) in [6.07, 6.45) is 3.22. The van der Waals surface area contributed by atoms with Crippen molar-refractivity contribution in [2.24, 2.45) is 0 Å². The molecule has 1 aliphatic carbocycles. The smallest absolute Gasteiger partial charge is 0.253 e. The lowest BCUT2D eigenvalue weighted by atomic mass is 10.1. The topological polar surface area (TPSA) is 43.3 Å². The van der Waals surface area contributed by atoms with Crippen LogP contribution >= 0.6 is 0 Å². The summed E-state index contributed by atoms with van der Waals surface area (Å²) in [5.41, 5.74) is 4.17. The molecule has 2 aromatic rings. The number of nitrogens with one attached hydrogen (secondary N) is 1. The van der Waals surface area contributed by atoms with Gasteiger partial charge >= 0.3 is 0 Å². The normalized spacial score (nSPS) is 13.9. The number of carbonyl (C=O) groups is 1. The molecule has 4 heteroatoms. The fourth-order valence-electron chi connectivity index (χ4n) is 3.22. The molecule has 3 rings (SSSR count). The monoisotopic (exact) mass is 312 g/mol. The maximum atomic E-state index is 12.5. The van der Waals surface area contributed by atoms with E-state index in [-0.39, 0.29) is 5.91 Å². The summed E-state index contributed by atoms with van der Waals surface area (Å²) < 4.78 is 7.64. The number of para-hydroxylation sites is 1. The van der Waals surface area contributed by atoms with Gasteiger partial charge in [0.1, 0.15) is 5.75 Å². The Balaban J connectivity index is 1.63. The van der Waals surface area contributed by atoms with Crippen molar-refractivity contribution in [3.05, 3.63) is 52.8 Å². The SMILES string of the molecule is COc1ccccc1CCNC(=O)c1cc(C)n(C2CC2)c1C. The fraction of sp³-hybridized carbons (Fsp3) is 0.421. The molecule has 0 radical (unpaired) electrons. The molecule has 0 spiro atoms. The molecule has 23 heavy (non-hydrogen) atoms. The van der Waals surface area contributed by atoms with Gasteiger partial charge in [-0.25, -0.2) is 0 Å². The highest BCUT2D eigenvalue weighted by Crippen LogP contribution is 2.38. The van der Waals surface area contributed by atoms with Gasteiger partial charge in [0.25, 0.3) is 5.91 Å². The third-order valence-electron chi connectivity index (χ3n) is 4.51. The molecule has 1 heterocycles. The van der Waals surface area contributed by atoms with E-state index in [9.17, 15) is 4.79 Å². The number of hydrogen-bond acceptors (Lipinski definition) is 2. The first-order valence-corrected chi connectivity index (χ1v) is 8.20. The number of amides is 1. The third kappa shape index (κ3) is 3.26. The van der Waals surface area contributed by atoms with Gasteiger partial charge in [0.2, 0.25) is 0 Å². The van der Waals surface area contributed by atoms with Crippen molar-refractivity contribution in [2.45, 2.75) is 39.2 Å². The van der Waals surface area contributed by atoms with Gasteiger partial charge in [-0.1, -0.05) is 18.2 Å². The summed E-state index contributed by atoms with van der Waals surface area (Å²) in [5, 5.41) is 3.03. The first-order chi connectivity index (χ1) is 11.1. The van der Waals surface area contributed by atoms with Crippen molar-refractivity contribution in [3.8, 4) is 5.75 Å². The summed E-state index contributed by atoms with van der Waals surface area (Å²) in [7, 11) is 1.67. The van der Waals surface area contributed by atoms with E-state index in [1.165, 1.54) is 18.5 Å². The second kappa shape index (κ2) is 6.49. The zero-order valence-electron chi connectivity index (χ0n) is 14.1. The molecular weight excluding hydrogens is 288 g/mol. The van der Waals surface area contributed by atoms with Crippen LogP contribution in [0.4, 0.5) is 0 Å². The number of benzene rings is 1.